The maximum Gasteiger partial charge on any atom is 0.196 e. The summed E-state index contributed by atoms with van der Waals surface area (Å²) >= 11 is 1.68. The minimum atomic E-state index is 0.660. The summed E-state index contributed by atoms with van der Waals surface area (Å²) in [5, 5.41) is 9.96. The molecular weight excluding hydrogens is 418 g/mol. The van der Waals surface area contributed by atoms with Gasteiger partial charge in [0.15, 0.2) is 22.5 Å². The minimum absolute atomic E-state index is 0.660. The highest BCUT2D eigenvalue weighted by molar-refractivity contribution is 7.98. The van der Waals surface area contributed by atoms with Crippen LogP contribution in [0.5, 0.6) is 11.5 Å². The van der Waals surface area contributed by atoms with E-state index in [1.54, 1.807) is 26.0 Å². The first-order chi connectivity index (χ1) is 15.5. The molecule has 0 bridgehead atoms. The number of ether oxygens (including phenoxy) is 2. The Kier molecular flexibility index (Phi) is 6.51. The Morgan fingerprint density at radius 3 is 2.34 bits per heavy atom. The Labute approximate surface area is 193 Å². The van der Waals surface area contributed by atoms with Gasteiger partial charge < -0.3 is 9.47 Å². The zero-order valence-corrected chi connectivity index (χ0v) is 19.9. The Morgan fingerprint density at radius 2 is 1.62 bits per heavy atom. The molecule has 164 valence electrons. The van der Waals surface area contributed by atoms with E-state index in [2.05, 4.69) is 78.0 Å². The number of rotatable bonds is 7. The molecule has 4 aromatic rings. The van der Waals surface area contributed by atoms with Crippen molar-refractivity contribution in [3.05, 3.63) is 82.9 Å². The SMILES string of the molecule is COc1ccc(-c2nnc(SCc3ccc(C)c(C)c3)n2-c2cccc(C)c2)cc1OC. The van der Waals surface area contributed by atoms with Crippen LogP contribution in [0.25, 0.3) is 17.1 Å². The van der Waals surface area contributed by atoms with Crippen molar-refractivity contribution < 1.29 is 9.47 Å². The van der Waals surface area contributed by atoms with E-state index < -0.39 is 0 Å². The molecule has 6 heteroatoms. The van der Waals surface area contributed by atoms with E-state index in [0.29, 0.717) is 11.5 Å². The molecule has 0 fully saturated rings. The van der Waals surface area contributed by atoms with Crippen molar-refractivity contribution in [1.29, 1.82) is 0 Å². The highest BCUT2D eigenvalue weighted by Gasteiger charge is 2.18. The lowest BCUT2D eigenvalue weighted by Crippen LogP contribution is -2.01. The Morgan fingerprint density at radius 1 is 0.812 bits per heavy atom. The van der Waals surface area contributed by atoms with Gasteiger partial charge in [-0.3, -0.25) is 4.57 Å². The number of hydrogen-bond donors (Lipinski definition) is 0. The van der Waals surface area contributed by atoms with Crippen LogP contribution < -0.4 is 9.47 Å². The van der Waals surface area contributed by atoms with Gasteiger partial charge >= 0.3 is 0 Å². The number of benzene rings is 3. The van der Waals surface area contributed by atoms with Crippen LogP contribution in [0.15, 0.2) is 65.8 Å². The van der Waals surface area contributed by atoms with Crippen LogP contribution in [-0.4, -0.2) is 29.0 Å². The zero-order valence-electron chi connectivity index (χ0n) is 19.0. The second-order valence-corrected chi connectivity index (χ2v) is 8.70. The quantitative estimate of drug-likeness (QED) is 0.318. The molecule has 0 N–H and O–H groups in total. The molecule has 0 amide bonds. The summed E-state index contributed by atoms with van der Waals surface area (Å²) in [7, 11) is 3.27. The Bertz CT molecular complexity index is 1250. The molecule has 0 unspecified atom stereocenters. The molecule has 1 aromatic heterocycles. The van der Waals surface area contributed by atoms with Gasteiger partial charge in [-0.2, -0.15) is 0 Å². The summed E-state index contributed by atoms with van der Waals surface area (Å²) in [6.07, 6.45) is 0. The maximum atomic E-state index is 5.51. The van der Waals surface area contributed by atoms with Crippen LogP contribution >= 0.6 is 11.8 Å². The second kappa shape index (κ2) is 9.49. The third kappa shape index (κ3) is 4.50. The normalized spacial score (nSPS) is 10.9. The van der Waals surface area contributed by atoms with E-state index in [9.17, 15) is 0 Å². The first-order valence-corrected chi connectivity index (χ1v) is 11.4. The number of methoxy groups -OCH3 is 2. The molecule has 3 aromatic carbocycles. The lowest BCUT2D eigenvalue weighted by atomic mass is 10.1. The third-order valence-corrected chi connectivity index (χ3v) is 6.47. The minimum Gasteiger partial charge on any atom is -0.493 e. The molecule has 0 aliphatic heterocycles. The van der Waals surface area contributed by atoms with Crippen molar-refractivity contribution in [3.8, 4) is 28.6 Å². The summed E-state index contributed by atoms with van der Waals surface area (Å²) in [6.45, 7) is 6.37. The van der Waals surface area contributed by atoms with Gasteiger partial charge in [-0.15, -0.1) is 10.2 Å². The van der Waals surface area contributed by atoms with Crippen molar-refractivity contribution in [2.24, 2.45) is 0 Å². The monoisotopic (exact) mass is 445 g/mol. The predicted octanol–water partition coefficient (Wildman–Crippen LogP) is 6.17. The molecule has 32 heavy (non-hydrogen) atoms. The summed E-state index contributed by atoms with van der Waals surface area (Å²) in [5.41, 5.74) is 6.99. The Balaban J connectivity index is 1.76. The van der Waals surface area contributed by atoms with Crippen LogP contribution in [0.4, 0.5) is 0 Å². The summed E-state index contributed by atoms with van der Waals surface area (Å²) in [5.74, 6) is 2.92. The molecule has 0 spiro atoms. The zero-order chi connectivity index (χ0) is 22.7. The first kappa shape index (κ1) is 22.0. The van der Waals surface area contributed by atoms with E-state index in [1.165, 1.54) is 22.3 Å². The molecule has 1 heterocycles. The molecular formula is C26H27N3O2S. The lowest BCUT2D eigenvalue weighted by molar-refractivity contribution is 0.355. The molecule has 0 saturated heterocycles. The fourth-order valence-corrected chi connectivity index (χ4v) is 4.46. The predicted molar refractivity (Wildman–Crippen MR) is 130 cm³/mol. The molecule has 0 atom stereocenters. The van der Waals surface area contributed by atoms with Crippen molar-refractivity contribution >= 4 is 11.8 Å². The third-order valence-electron chi connectivity index (χ3n) is 5.47. The smallest absolute Gasteiger partial charge is 0.196 e. The van der Waals surface area contributed by atoms with Gasteiger partial charge in [0, 0.05) is 17.0 Å². The highest BCUT2D eigenvalue weighted by Crippen LogP contribution is 2.35. The molecule has 5 nitrogen and oxygen atoms in total. The molecule has 0 saturated carbocycles. The summed E-state index contributed by atoms with van der Waals surface area (Å²) in [6, 6.07) is 20.8. The van der Waals surface area contributed by atoms with E-state index in [1.807, 2.05) is 18.2 Å². The van der Waals surface area contributed by atoms with Crippen molar-refractivity contribution in [2.45, 2.75) is 31.7 Å². The van der Waals surface area contributed by atoms with E-state index in [-0.39, 0.29) is 0 Å². The fourth-order valence-electron chi connectivity index (χ4n) is 3.57. The van der Waals surface area contributed by atoms with Crippen LogP contribution in [0.2, 0.25) is 0 Å². The number of aromatic nitrogens is 3. The Hall–Kier alpha value is -3.25. The van der Waals surface area contributed by atoms with Gasteiger partial charge in [0.2, 0.25) is 0 Å². The number of nitrogens with zero attached hydrogens (tertiary/aromatic N) is 3. The first-order valence-electron chi connectivity index (χ1n) is 10.4. The van der Waals surface area contributed by atoms with Gasteiger partial charge in [-0.25, -0.2) is 0 Å². The van der Waals surface area contributed by atoms with E-state index >= 15 is 0 Å². The van der Waals surface area contributed by atoms with Gasteiger partial charge in [0.05, 0.1) is 14.2 Å². The van der Waals surface area contributed by atoms with Crippen LogP contribution in [0, 0.1) is 20.8 Å². The van der Waals surface area contributed by atoms with Crippen LogP contribution in [-0.2, 0) is 5.75 Å². The van der Waals surface area contributed by atoms with Crippen molar-refractivity contribution in [1.82, 2.24) is 14.8 Å². The van der Waals surface area contributed by atoms with Crippen LogP contribution in [0.3, 0.4) is 0 Å². The topological polar surface area (TPSA) is 49.2 Å². The number of thioether (sulfide) groups is 1. The van der Waals surface area contributed by atoms with Gasteiger partial charge in [0.1, 0.15) is 0 Å². The average molecular weight is 446 g/mol. The largest absolute Gasteiger partial charge is 0.493 e. The average Bonchev–Trinajstić information content (AvgIpc) is 3.23. The molecule has 0 radical (unpaired) electrons. The maximum absolute atomic E-state index is 5.51. The van der Waals surface area contributed by atoms with E-state index in [0.717, 1.165) is 28.0 Å². The van der Waals surface area contributed by atoms with Crippen molar-refractivity contribution in [2.75, 3.05) is 14.2 Å². The van der Waals surface area contributed by atoms with Gasteiger partial charge in [0.25, 0.3) is 0 Å². The lowest BCUT2D eigenvalue weighted by Gasteiger charge is -2.13. The highest BCUT2D eigenvalue weighted by atomic mass is 32.2. The standard InChI is InChI=1S/C26H27N3O2S/c1-17-7-6-8-22(13-17)29-25(21-11-12-23(30-4)24(15-21)31-5)27-28-26(29)32-16-20-10-9-18(2)19(3)14-20/h6-15H,16H2,1-5H3. The molecule has 0 aliphatic rings. The fraction of sp³-hybridized carbons (Fsp3) is 0.231. The summed E-state index contributed by atoms with van der Waals surface area (Å²) in [4.78, 5) is 0. The number of aryl methyl sites for hydroxylation is 3. The molecule has 0 aliphatic carbocycles. The van der Waals surface area contributed by atoms with Crippen LogP contribution in [0.1, 0.15) is 22.3 Å². The second-order valence-electron chi connectivity index (χ2n) is 7.76. The van der Waals surface area contributed by atoms with E-state index in [4.69, 9.17) is 9.47 Å². The van der Waals surface area contributed by atoms with Crippen molar-refractivity contribution in [3.63, 3.8) is 0 Å². The van der Waals surface area contributed by atoms with Gasteiger partial charge in [-0.05, 0) is 73.4 Å². The summed E-state index contributed by atoms with van der Waals surface area (Å²) < 4.78 is 13.0. The number of hydrogen-bond acceptors (Lipinski definition) is 5. The molecule has 4 rings (SSSR count). The van der Waals surface area contributed by atoms with Gasteiger partial charge in [-0.1, -0.05) is 42.1 Å².